The van der Waals surface area contributed by atoms with Gasteiger partial charge in [0.15, 0.2) is 5.69 Å². The van der Waals surface area contributed by atoms with Crippen molar-refractivity contribution in [1.82, 2.24) is 25.1 Å². The van der Waals surface area contributed by atoms with Gasteiger partial charge in [-0.15, -0.1) is 0 Å². The van der Waals surface area contributed by atoms with Crippen LogP contribution < -0.4 is 16.2 Å². The Morgan fingerprint density at radius 1 is 1.20 bits per heavy atom. The number of nitrogens with zero attached hydrogens (tertiary/aromatic N) is 3. The SMILES string of the molecule is CN(C)C(=O)C(=O)NC12CCC(CC1)Cn1c2nc(C(=O)NCCc2ccc(Cl)cc2)c(O)c1=O. The molecule has 0 atom stereocenters. The molecule has 186 valence electrons. The number of nitrogens with one attached hydrogen (secondary N) is 2. The zero-order valence-electron chi connectivity index (χ0n) is 19.6. The standard InChI is InChI=1S/C24H28ClN5O5/c1-29(2)22(35)20(33)28-24-10-7-15(8-11-24)13-30-21(34)18(31)17(27-23(24)30)19(32)26-12-9-14-3-5-16(25)6-4-14/h3-6,15,31H,7-13H2,1-2H3,(H,26,32)(H,28,33). The summed E-state index contributed by atoms with van der Waals surface area (Å²) >= 11 is 5.90. The summed E-state index contributed by atoms with van der Waals surface area (Å²) in [5.41, 5.74) is -1.25. The van der Waals surface area contributed by atoms with Crippen LogP contribution in [0.15, 0.2) is 29.1 Å². The van der Waals surface area contributed by atoms with Crippen LogP contribution in [0.5, 0.6) is 5.75 Å². The van der Waals surface area contributed by atoms with Gasteiger partial charge in [-0.3, -0.25) is 23.7 Å². The van der Waals surface area contributed by atoms with Crippen molar-refractivity contribution < 1.29 is 19.5 Å². The number of hydrogen-bond acceptors (Lipinski definition) is 6. The first-order valence-electron chi connectivity index (χ1n) is 11.5. The van der Waals surface area contributed by atoms with E-state index in [9.17, 15) is 24.3 Å². The fourth-order valence-electron chi connectivity index (χ4n) is 4.78. The average Bonchev–Trinajstić information content (AvgIpc) is 3.08. The maximum Gasteiger partial charge on any atom is 0.311 e. The molecule has 1 fully saturated rings. The molecule has 3 amide bonds. The highest BCUT2D eigenvalue weighted by Gasteiger charge is 2.46. The average molecular weight is 502 g/mol. The van der Waals surface area contributed by atoms with Crippen LogP contribution in [-0.2, 0) is 28.1 Å². The summed E-state index contributed by atoms with van der Waals surface area (Å²) < 4.78 is 1.34. The fraction of sp³-hybridized carbons (Fsp3) is 0.458. The molecular formula is C24H28ClN5O5. The molecule has 1 aromatic heterocycles. The first kappa shape index (κ1) is 24.7. The zero-order chi connectivity index (χ0) is 25.3. The molecule has 3 heterocycles. The third-order valence-electron chi connectivity index (χ3n) is 6.75. The smallest absolute Gasteiger partial charge is 0.311 e. The second-order valence-electron chi connectivity index (χ2n) is 9.36. The van der Waals surface area contributed by atoms with Crippen molar-refractivity contribution in [1.29, 1.82) is 0 Å². The van der Waals surface area contributed by atoms with Gasteiger partial charge in [0.25, 0.3) is 11.5 Å². The molecule has 5 rings (SSSR count). The molecule has 11 heteroatoms. The van der Waals surface area contributed by atoms with E-state index in [1.807, 2.05) is 12.1 Å². The molecule has 0 saturated heterocycles. The third-order valence-corrected chi connectivity index (χ3v) is 7.01. The number of rotatable bonds is 5. The molecule has 3 aliphatic rings. The molecule has 0 radical (unpaired) electrons. The van der Waals surface area contributed by atoms with Crippen LogP contribution in [-0.4, -0.2) is 57.9 Å². The summed E-state index contributed by atoms with van der Waals surface area (Å²) in [6, 6.07) is 7.19. The lowest BCUT2D eigenvalue weighted by atomic mass is 9.77. The Hall–Kier alpha value is -3.40. The number of carbonyl (C=O) groups excluding carboxylic acids is 3. The van der Waals surface area contributed by atoms with E-state index < -0.39 is 40.3 Å². The second-order valence-corrected chi connectivity index (χ2v) is 9.80. The molecule has 1 aliphatic carbocycles. The number of aromatic nitrogens is 2. The van der Waals surface area contributed by atoms with E-state index in [-0.39, 0.29) is 18.3 Å². The van der Waals surface area contributed by atoms with Crippen molar-refractivity contribution >= 4 is 29.3 Å². The summed E-state index contributed by atoms with van der Waals surface area (Å²) in [6.07, 6.45) is 2.88. The van der Waals surface area contributed by atoms with Crippen LogP contribution in [0.25, 0.3) is 0 Å². The van der Waals surface area contributed by atoms with Crippen molar-refractivity contribution in [3.63, 3.8) is 0 Å². The minimum Gasteiger partial charge on any atom is -0.501 e. The minimum absolute atomic E-state index is 0.170. The van der Waals surface area contributed by atoms with Gasteiger partial charge in [0, 0.05) is 32.2 Å². The van der Waals surface area contributed by atoms with E-state index in [0.717, 1.165) is 5.56 Å². The molecule has 3 N–H and O–H groups in total. The molecule has 1 saturated carbocycles. The molecule has 0 spiro atoms. The van der Waals surface area contributed by atoms with E-state index in [0.29, 0.717) is 43.7 Å². The predicted octanol–water partition coefficient (Wildman–Crippen LogP) is 1.18. The summed E-state index contributed by atoms with van der Waals surface area (Å²) in [6.45, 7) is 0.577. The van der Waals surface area contributed by atoms with E-state index in [1.165, 1.54) is 23.6 Å². The quantitative estimate of drug-likeness (QED) is 0.527. The number of likely N-dealkylation sites (N-methyl/N-ethyl adjacent to an activating group) is 1. The number of halogens is 1. The lowest BCUT2D eigenvalue weighted by Gasteiger charge is -2.37. The van der Waals surface area contributed by atoms with Crippen LogP contribution in [0.3, 0.4) is 0 Å². The highest BCUT2D eigenvalue weighted by Crippen LogP contribution is 2.42. The normalized spacial score (nSPS) is 20.5. The Balaban J connectivity index is 1.63. The van der Waals surface area contributed by atoms with Gasteiger partial charge in [-0.2, -0.15) is 0 Å². The van der Waals surface area contributed by atoms with Gasteiger partial charge >= 0.3 is 11.8 Å². The number of hydrogen-bond donors (Lipinski definition) is 3. The van der Waals surface area contributed by atoms with Crippen molar-refractivity contribution in [3.8, 4) is 5.75 Å². The fourth-order valence-corrected chi connectivity index (χ4v) is 4.91. The maximum atomic E-state index is 13.1. The largest absolute Gasteiger partial charge is 0.501 e. The highest BCUT2D eigenvalue weighted by molar-refractivity contribution is 6.35. The highest BCUT2D eigenvalue weighted by atomic mass is 35.5. The van der Waals surface area contributed by atoms with Gasteiger partial charge < -0.3 is 20.6 Å². The van der Waals surface area contributed by atoms with Crippen molar-refractivity contribution in [2.24, 2.45) is 5.92 Å². The van der Waals surface area contributed by atoms with Crippen LogP contribution in [0.1, 0.15) is 47.6 Å². The lowest BCUT2D eigenvalue weighted by molar-refractivity contribution is -0.145. The maximum absolute atomic E-state index is 13.1. The molecular weight excluding hydrogens is 474 g/mol. The number of amides is 3. The van der Waals surface area contributed by atoms with Crippen molar-refractivity contribution in [2.75, 3.05) is 20.6 Å². The van der Waals surface area contributed by atoms with Gasteiger partial charge in [-0.1, -0.05) is 23.7 Å². The van der Waals surface area contributed by atoms with E-state index in [2.05, 4.69) is 15.6 Å². The Labute approximate surface area is 207 Å². The van der Waals surface area contributed by atoms with Gasteiger partial charge in [-0.05, 0) is 55.7 Å². The number of aromatic hydroxyl groups is 1. The summed E-state index contributed by atoms with van der Waals surface area (Å²) in [4.78, 5) is 56.5. The Bertz CT molecular complexity index is 1220. The monoisotopic (exact) mass is 501 g/mol. The van der Waals surface area contributed by atoms with E-state index in [4.69, 9.17) is 11.6 Å². The van der Waals surface area contributed by atoms with Gasteiger partial charge in [0.1, 0.15) is 5.82 Å². The zero-order valence-corrected chi connectivity index (χ0v) is 20.4. The number of carbonyl (C=O) groups is 3. The Morgan fingerprint density at radius 2 is 1.86 bits per heavy atom. The Kier molecular flexibility index (Phi) is 6.84. The molecule has 2 aliphatic heterocycles. The van der Waals surface area contributed by atoms with Gasteiger partial charge in [0.2, 0.25) is 5.75 Å². The first-order chi connectivity index (χ1) is 16.6. The van der Waals surface area contributed by atoms with E-state index >= 15 is 0 Å². The molecule has 2 bridgehead atoms. The molecule has 2 aromatic rings. The van der Waals surface area contributed by atoms with Crippen LogP contribution in [0, 0.1) is 5.92 Å². The lowest BCUT2D eigenvalue weighted by Crippen LogP contribution is -2.53. The third kappa shape index (κ3) is 4.88. The van der Waals surface area contributed by atoms with Crippen molar-refractivity contribution in [2.45, 2.75) is 44.2 Å². The summed E-state index contributed by atoms with van der Waals surface area (Å²) in [5.74, 6) is -2.59. The molecule has 0 unspecified atom stereocenters. The van der Waals surface area contributed by atoms with Crippen molar-refractivity contribution in [3.05, 3.63) is 56.7 Å². The molecule has 1 aromatic carbocycles. The first-order valence-corrected chi connectivity index (χ1v) is 11.9. The van der Waals surface area contributed by atoms with Crippen LogP contribution >= 0.6 is 11.6 Å². The number of fused-ring (bicyclic) bond motifs is 2. The number of benzene rings is 1. The van der Waals surface area contributed by atoms with Crippen LogP contribution in [0.2, 0.25) is 5.02 Å². The Morgan fingerprint density at radius 3 is 2.49 bits per heavy atom. The minimum atomic E-state index is -1.08. The summed E-state index contributed by atoms with van der Waals surface area (Å²) in [5, 5.41) is 16.7. The second kappa shape index (κ2) is 9.69. The molecule has 10 nitrogen and oxygen atoms in total. The van der Waals surface area contributed by atoms with Gasteiger partial charge in [0.05, 0.1) is 5.54 Å². The molecule has 35 heavy (non-hydrogen) atoms. The summed E-state index contributed by atoms with van der Waals surface area (Å²) in [7, 11) is 2.95. The topological polar surface area (TPSA) is 134 Å². The van der Waals surface area contributed by atoms with E-state index in [1.54, 1.807) is 12.1 Å². The van der Waals surface area contributed by atoms with Gasteiger partial charge in [-0.25, -0.2) is 4.98 Å². The van der Waals surface area contributed by atoms with Crippen LogP contribution in [0.4, 0.5) is 0 Å². The predicted molar refractivity (Wildman–Crippen MR) is 128 cm³/mol.